The molecule has 30 heavy (non-hydrogen) atoms. The highest BCUT2D eigenvalue weighted by Gasteiger charge is 2.21. The van der Waals surface area contributed by atoms with E-state index in [-0.39, 0.29) is 12.5 Å². The summed E-state index contributed by atoms with van der Waals surface area (Å²) in [5.74, 6) is -0.370. The quantitative estimate of drug-likeness (QED) is 0.260. The summed E-state index contributed by atoms with van der Waals surface area (Å²) < 4.78 is 6.87. The van der Waals surface area contributed by atoms with Gasteiger partial charge in [-0.15, -0.1) is 5.10 Å². The molecule has 0 unspecified atom stereocenters. The maximum atomic E-state index is 12.4. The molecule has 0 bridgehead atoms. The van der Waals surface area contributed by atoms with E-state index in [0.717, 1.165) is 31.2 Å². The molecule has 0 aliphatic heterocycles. The Morgan fingerprint density at radius 2 is 1.73 bits per heavy atom. The summed E-state index contributed by atoms with van der Waals surface area (Å²) in [7, 11) is 0. The van der Waals surface area contributed by atoms with Gasteiger partial charge in [-0.2, -0.15) is 0 Å². The number of halogens is 3. The molecular weight excluding hydrogens is 445 g/mol. The summed E-state index contributed by atoms with van der Waals surface area (Å²) in [5, 5.41) is 10.1. The molecule has 0 aliphatic carbocycles. The predicted octanol–water partition coefficient (Wildman–Crippen LogP) is 6.70. The Bertz CT molecular complexity index is 1000. The highest BCUT2D eigenvalue weighted by Crippen LogP contribution is 2.36. The second kappa shape index (κ2) is 10.8. The number of carbonyl (C=O) groups is 1. The number of rotatable bonds is 9. The van der Waals surface area contributed by atoms with Crippen LogP contribution < -0.4 is 0 Å². The Balaban J connectivity index is 1.89. The van der Waals surface area contributed by atoms with Crippen LogP contribution in [0, 0.1) is 0 Å². The summed E-state index contributed by atoms with van der Waals surface area (Å²) >= 11 is 18.5. The lowest BCUT2D eigenvalue weighted by Gasteiger charge is -2.11. The van der Waals surface area contributed by atoms with Gasteiger partial charge in [0.2, 0.25) is 0 Å². The molecule has 0 saturated heterocycles. The third kappa shape index (κ3) is 5.75. The van der Waals surface area contributed by atoms with Gasteiger partial charge in [0.15, 0.2) is 0 Å². The second-order valence-electron chi connectivity index (χ2n) is 6.86. The lowest BCUT2D eigenvalue weighted by atomic mass is 10.0. The summed E-state index contributed by atoms with van der Waals surface area (Å²) in [6.45, 7) is 2.47. The SMILES string of the molecule is CCCCCCOC(=O)Cn1nnc(-c2ccc(Cl)cc2)c1-c1ccc(Cl)cc1Cl. The Labute approximate surface area is 190 Å². The molecule has 0 saturated carbocycles. The Morgan fingerprint density at radius 3 is 2.43 bits per heavy atom. The van der Waals surface area contributed by atoms with Crippen LogP contribution in [0.2, 0.25) is 15.1 Å². The molecule has 1 heterocycles. The highest BCUT2D eigenvalue weighted by molar-refractivity contribution is 6.36. The number of nitrogens with zero attached hydrogens (tertiary/aromatic N) is 3. The lowest BCUT2D eigenvalue weighted by Crippen LogP contribution is -2.16. The first-order chi connectivity index (χ1) is 14.5. The summed E-state index contributed by atoms with van der Waals surface area (Å²) in [4.78, 5) is 12.4. The van der Waals surface area contributed by atoms with Gasteiger partial charge >= 0.3 is 5.97 Å². The molecule has 3 rings (SSSR count). The van der Waals surface area contributed by atoms with Crippen molar-refractivity contribution in [3.63, 3.8) is 0 Å². The summed E-state index contributed by atoms with van der Waals surface area (Å²) in [6.07, 6.45) is 4.15. The van der Waals surface area contributed by atoms with E-state index in [0.29, 0.717) is 38.6 Å². The van der Waals surface area contributed by atoms with E-state index >= 15 is 0 Å². The number of aromatic nitrogens is 3. The van der Waals surface area contributed by atoms with Crippen LogP contribution in [0.1, 0.15) is 32.6 Å². The molecule has 0 radical (unpaired) electrons. The molecule has 8 heteroatoms. The average Bonchev–Trinajstić information content (AvgIpc) is 3.11. The lowest BCUT2D eigenvalue weighted by molar-refractivity contribution is -0.144. The van der Waals surface area contributed by atoms with Gasteiger partial charge in [0, 0.05) is 21.2 Å². The van der Waals surface area contributed by atoms with Crippen molar-refractivity contribution < 1.29 is 9.53 Å². The van der Waals surface area contributed by atoms with Gasteiger partial charge in [0.25, 0.3) is 0 Å². The van der Waals surface area contributed by atoms with Crippen molar-refractivity contribution >= 4 is 40.8 Å². The van der Waals surface area contributed by atoms with E-state index in [1.54, 1.807) is 30.3 Å². The first kappa shape index (κ1) is 22.6. The van der Waals surface area contributed by atoms with Crippen molar-refractivity contribution in [1.82, 2.24) is 15.0 Å². The van der Waals surface area contributed by atoms with Gasteiger partial charge in [-0.05, 0) is 36.8 Å². The van der Waals surface area contributed by atoms with E-state index in [9.17, 15) is 4.79 Å². The number of carbonyl (C=O) groups excluding carboxylic acids is 1. The topological polar surface area (TPSA) is 57.0 Å². The van der Waals surface area contributed by atoms with E-state index in [1.165, 1.54) is 4.68 Å². The van der Waals surface area contributed by atoms with Crippen LogP contribution in [0.5, 0.6) is 0 Å². The normalized spacial score (nSPS) is 10.9. The Morgan fingerprint density at radius 1 is 1.00 bits per heavy atom. The molecule has 1 aromatic heterocycles. The minimum absolute atomic E-state index is 0.0668. The van der Waals surface area contributed by atoms with Crippen molar-refractivity contribution in [2.75, 3.05) is 6.61 Å². The van der Waals surface area contributed by atoms with Crippen molar-refractivity contribution in [2.24, 2.45) is 0 Å². The summed E-state index contributed by atoms with van der Waals surface area (Å²) in [6, 6.07) is 12.4. The molecular formula is C22H22Cl3N3O2. The number of hydrogen-bond donors (Lipinski definition) is 0. The average molecular weight is 467 g/mol. The van der Waals surface area contributed by atoms with Crippen LogP contribution >= 0.6 is 34.8 Å². The highest BCUT2D eigenvalue weighted by atomic mass is 35.5. The van der Waals surface area contributed by atoms with Crippen molar-refractivity contribution in [1.29, 1.82) is 0 Å². The number of hydrogen-bond acceptors (Lipinski definition) is 4. The predicted molar refractivity (Wildman–Crippen MR) is 121 cm³/mol. The van der Waals surface area contributed by atoms with Crippen LogP contribution in [0.4, 0.5) is 0 Å². The van der Waals surface area contributed by atoms with Gasteiger partial charge in [-0.3, -0.25) is 4.79 Å². The van der Waals surface area contributed by atoms with Gasteiger partial charge in [0.1, 0.15) is 12.2 Å². The van der Waals surface area contributed by atoms with Gasteiger partial charge in [0.05, 0.1) is 17.3 Å². The molecule has 0 N–H and O–H groups in total. The van der Waals surface area contributed by atoms with Gasteiger partial charge in [-0.25, -0.2) is 4.68 Å². The van der Waals surface area contributed by atoms with Gasteiger partial charge < -0.3 is 4.74 Å². The van der Waals surface area contributed by atoms with Crippen LogP contribution in [-0.4, -0.2) is 27.6 Å². The number of esters is 1. The first-order valence-corrected chi connectivity index (χ1v) is 10.9. The van der Waals surface area contributed by atoms with Crippen LogP contribution in [-0.2, 0) is 16.1 Å². The molecule has 2 aromatic carbocycles. The number of unbranched alkanes of at least 4 members (excludes halogenated alkanes) is 3. The molecule has 0 amide bonds. The minimum Gasteiger partial charge on any atom is -0.464 e. The van der Waals surface area contributed by atoms with E-state index < -0.39 is 0 Å². The first-order valence-electron chi connectivity index (χ1n) is 9.80. The van der Waals surface area contributed by atoms with Gasteiger partial charge in [-0.1, -0.05) is 78.3 Å². The minimum atomic E-state index is -0.370. The molecule has 0 spiro atoms. The maximum Gasteiger partial charge on any atom is 0.327 e. The molecule has 3 aromatic rings. The zero-order chi connectivity index (χ0) is 21.5. The zero-order valence-corrected chi connectivity index (χ0v) is 18.8. The molecule has 0 fully saturated rings. The van der Waals surface area contributed by atoms with Crippen LogP contribution in [0.3, 0.4) is 0 Å². The van der Waals surface area contributed by atoms with Crippen molar-refractivity contribution in [2.45, 2.75) is 39.2 Å². The number of ether oxygens (including phenoxy) is 1. The zero-order valence-electron chi connectivity index (χ0n) is 16.6. The van der Waals surface area contributed by atoms with Crippen LogP contribution in [0.15, 0.2) is 42.5 Å². The largest absolute Gasteiger partial charge is 0.464 e. The fourth-order valence-electron chi connectivity index (χ4n) is 3.06. The summed E-state index contributed by atoms with van der Waals surface area (Å²) in [5.41, 5.74) is 2.68. The Hall–Kier alpha value is -2.08. The molecule has 0 aliphatic rings. The Kier molecular flexibility index (Phi) is 8.14. The second-order valence-corrected chi connectivity index (χ2v) is 8.14. The van der Waals surface area contributed by atoms with E-state index in [4.69, 9.17) is 39.5 Å². The molecule has 158 valence electrons. The molecule has 5 nitrogen and oxygen atoms in total. The third-order valence-corrected chi connectivity index (χ3v) is 5.38. The smallest absolute Gasteiger partial charge is 0.327 e. The van der Waals surface area contributed by atoms with Crippen LogP contribution in [0.25, 0.3) is 22.5 Å². The third-order valence-electron chi connectivity index (χ3n) is 4.58. The van der Waals surface area contributed by atoms with Crippen molar-refractivity contribution in [3.05, 3.63) is 57.5 Å². The fraction of sp³-hybridized carbons (Fsp3) is 0.318. The standard InChI is InChI=1S/C22H22Cl3N3O2/c1-2-3-4-5-12-30-20(29)14-28-22(18-11-10-17(24)13-19(18)25)21(26-27-28)15-6-8-16(23)9-7-15/h6-11,13H,2-5,12,14H2,1H3. The fourth-order valence-corrected chi connectivity index (χ4v) is 3.68. The van der Waals surface area contributed by atoms with E-state index in [1.807, 2.05) is 12.1 Å². The van der Waals surface area contributed by atoms with E-state index in [2.05, 4.69) is 17.2 Å². The maximum absolute atomic E-state index is 12.4. The monoisotopic (exact) mass is 465 g/mol. The van der Waals surface area contributed by atoms with Crippen molar-refractivity contribution in [3.8, 4) is 22.5 Å². The molecule has 0 atom stereocenters. The number of benzene rings is 2.